The summed E-state index contributed by atoms with van der Waals surface area (Å²) in [6.45, 7) is 3.48. The second kappa shape index (κ2) is 9.23. The lowest BCUT2D eigenvalue weighted by Crippen LogP contribution is -2.41. The predicted octanol–water partition coefficient (Wildman–Crippen LogP) is 3.07. The fourth-order valence-corrected chi connectivity index (χ4v) is 3.21. The molecule has 1 N–H and O–H groups in total. The number of anilines is 2. The Kier molecular flexibility index (Phi) is 6.49. The molecule has 2 aromatic carbocycles. The number of carbonyl (C=O) groups is 3. The molecule has 0 unspecified atom stereocenters. The van der Waals surface area contributed by atoms with E-state index in [-0.39, 0.29) is 37.3 Å². The van der Waals surface area contributed by atoms with Crippen LogP contribution in [0, 0.1) is 6.92 Å². The van der Waals surface area contributed by atoms with Crippen molar-refractivity contribution in [2.45, 2.75) is 32.7 Å². The molecule has 0 bridgehead atoms. The van der Waals surface area contributed by atoms with Gasteiger partial charge < -0.3 is 19.7 Å². The molecule has 1 aliphatic heterocycles. The van der Waals surface area contributed by atoms with E-state index in [9.17, 15) is 14.4 Å². The van der Waals surface area contributed by atoms with Crippen LogP contribution in [-0.4, -0.2) is 37.0 Å². The highest BCUT2D eigenvalue weighted by atomic mass is 16.5. The number of aryl methyl sites for hydroxylation is 1. The van der Waals surface area contributed by atoms with Crippen LogP contribution in [0.5, 0.6) is 5.75 Å². The lowest BCUT2D eigenvalue weighted by molar-refractivity contribution is -0.148. The standard InChI is InChI=1S/C22H24N2O5/c1-15-7-3-6-10-19(15)28-12-11-22(27)29-14-21(26)24-16(2)13-20(25)23-17-8-4-5-9-18(17)24/h3-10,16H,11-14H2,1-2H3,(H,23,25)/t16-/m1/s1. The fourth-order valence-electron chi connectivity index (χ4n) is 3.21. The Morgan fingerprint density at radius 1 is 1.14 bits per heavy atom. The molecule has 0 aliphatic carbocycles. The highest BCUT2D eigenvalue weighted by molar-refractivity contribution is 6.05. The molecular formula is C22H24N2O5. The first-order valence-electron chi connectivity index (χ1n) is 9.50. The van der Waals surface area contributed by atoms with E-state index in [1.807, 2.05) is 31.2 Å². The number of nitrogens with zero attached hydrogens (tertiary/aromatic N) is 1. The van der Waals surface area contributed by atoms with Gasteiger partial charge in [0.2, 0.25) is 5.91 Å². The van der Waals surface area contributed by atoms with Crippen molar-refractivity contribution in [2.75, 3.05) is 23.4 Å². The summed E-state index contributed by atoms with van der Waals surface area (Å²) in [6.07, 6.45) is 0.201. The number of rotatable bonds is 6. The quantitative estimate of drug-likeness (QED) is 0.759. The Morgan fingerprint density at radius 3 is 2.66 bits per heavy atom. The van der Waals surface area contributed by atoms with Gasteiger partial charge in [0.1, 0.15) is 5.75 Å². The lowest BCUT2D eigenvalue weighted by Gasteiger charge is -2.27. The van der Waals surface area contributed by atoms with Crippen LogP contribution in [0.1, 0.15) is 25.3 Å². The SMILES string of the molecule is Cc1ccccc1OCCC(=O)OCC(=O)N1c2ccccc2NC(=O)C[C@H]1C. The van der Waals surface area contributed by atoms with E-state index in [0.29, 0.717) is 17.1 Å². The zero-order valence-electron chi connectivity index (χ0n) is 16.5. The minimum atomic E-state index is -0.517. The third-order valence-corrected chi connectivity index (χ3v) is 4.64. The van der Waals surface area contributed by atoms with Crippen molar-refractivity contribution in [3.63, 3.8) is 0 Å². The van der Waals surface area contributed by atoms with E-state index in [2.05, 4.69) is 5.32 Å². The number of hydrogen-bond acceptors (Lipinski definition) is 5. The number of carbonyl (C=O) groups excluding carboxylic acids is 3. The lowest BCUT2D eigenvalue weighted by atomic mass is 10.1. The van der Waals surface area contributed by atoms with Crippen LogP contribution in [0.4, 0.5) is 11.4 Å². The third kappa shape index (κ3) is 5.13. The summed E-state index contributed by atoms with van der Waals surface area (Å²) in [4.78, 5) is 38.3. The smallest absolute Gasteiger partial charge is 0.309 e. The van der Waals surface area contributed by atoms with Crippen molar-refractivity contribution in [1.82, 2.24) is 0 Å². The summed E-state index contributed by atoms with van der Waals surface area (Å²) in [6, 6.07) is 14.2. The zero-order valence-corrected chi connectivity index (χ0v) is 16.5. The van der Waals surface area contributed by atoms with Gasteiger partial charge >= 0.3 is 5.97 Å². The largest absolute Gasteiger partial charge is 0.493 e. The number of nitrogens with one attached hydrogen (secondary N) is 1. The number of hydrogen-bond donors (Lipinski definition) is 1. The minimum absolute atomic E-state index is 0.0355. The summed E-state index contributed by atoms with van der Waals surface area (Å²) in [5.74, 6) is -0.347. The molecule has 0 aromatic heterocycles. The number of ether oxygens (including phenoxy) is 2. The molecule has 2 aromatic rings. The molecule has 0 saturated heterocycles. The van der Waals surface area contributed by atoms with Crippen LogP contribution >= 0.6 is 0 Å². The Hall–Kier alpha value is -3.35. The molecule has 0 spiro atoms. The maximum atomic E-state index is 12.8. The van der Waals surface area contributed by atoms with E-state index >= 15 is 0 Å². The molecule has 1 aliphatic rings. The summed E-state index contributed by atoms with van der Waals surface area (Å²) in [7, 11) is 0. The molecule has 2 amide bonds. The number of benzene rings is 2. The van der Waals surface area contributed by atoms with Crippen molar-refractivity contribution in [1.29, 1.82) is 0 Å². The van der Waals surface area contributed by atoms with Gasteiger partial charge in [0.15, 0.2) is 6.61 Å². The van der Waals surface area contributed by atoms with Gasteiger partial charge in [0.25, 0.3) is 5.91 Å². The monoisotopic (exact) mass is 396 g/mol. The molecule has 7 nitrogen and oxygen atoms in total. The fraction of sp³-hybridized carbons (Fsp3) is 0.318. The first-order valence-corrected chi connectivity index (χ1v) is 9.50. The molecule has 7 heteroatoms. The van der Waals surface area contributed by atoms with Gasteiger partial charge in [-0.15, -0.1) is 0 Å². The summed E-state index contributed by atoms with van der Waals surface area (Å²) < 4.78 is 10.7. The molecule has 3 rings (SSSR count). The van der Waals surface area contributed by atoms with Crippen molar-refractivity contribution in [2.24, 2.45) is 0 Å². The van der Waals surface area contributed by atoms with Crippen LogP contribution in [0.3, 0.4) is 0 Å². The van der Waals surface area contributed by atoms with Gasteiger partial charge in [-0.2, -0.15) is 0 Å². The van der Waals surface area contributed by atoms with Gasteiger partial charge in [0.05, 0.1) is 24.4 Å². The summed E-state index contributed by atoms with van der Waals surface area (Å²) >= 11 is 0. The Bertz CT molecular complexity index is 912. The Labute approximate surface area is 169 Å². The molecule has 1 atom stereocenters. The van der Waals surface area contributed by atoms with E-state index in [0.717, 1.165) is 5.56 Å². The van der Waals surface area contributed by atoms with Crippen molar-refractivity contribution < 1.29 is 23.9 Å². The van der Waals surface area contributed by atoms with E-state index in [1.165, 1.54) is 4.90 Å². The average Bonchev–Trinajstić information content (AvgIpc) is 2.82. The molecule has 1 heterocycles. The van der Waals surface area contributed by atoms with Gasteiger partial charge in [-0.25, -0.2) is 0 Å². The molecular weight excluding hydrogens is 372 g/mol. The van der Waals surface area contributed by atoms with Crippen LogP contribution in [0.2, 0.25) is 0 Å². The Balaban J connectivity index is 1.55. The predicted molar refractivity (Wildman–Crippen MR) is 109 cm³/mol. The van der Waals surface area contributed by atoms with Crippen LogP contribution < -0.4 is 15.0 Å². The topological polar surface area (TPSA) is 84.9 Å². The van der Waals surface area contributed by atoms with Gasteiger partial charge in [-0.05, 0) is 37.6 Å². The maximum absolute atomic E-state index is 12.8. The van der Waals surface area contributed by atoms with Gasteiger partial charge in [-0.3, -0.25) is 14.4 Å². The average molecular weight is 396 g/mol. The third-order valence-electron chi connectivity index (χ3n) is 4.64. The van der Waals surface area contributed by atoms with E-state index in [1.54, 1.807) is 31.2 Å². The summed E-state index contributed by atoms with van der Waals surface area (Å²) in [5, 5.41) is 2.79. The van der Waals surface area contributed by atoms with Gasteiger partial charge in [-0.1, -0.05) is 30.3 Å². The second-order valence-electron chi connectivity index (χ2n) is 6.91. The zero-order chi connectivity index (χ0) is 20.8. The number of fused-ring (bicyclic) bond motifs is 1. The van der Waals surface area contributed by atoms with Crippen molar-refractivity contribution in [3.05, 3.63) is 54.1 Å². The van der Waals surface area contributed by atoms with Crippen molar-refractivity contribution >= 4 is 29.2 Å². The minimum Gasteiger partial charge on any atom is -0.493 e. The highest BCUT2D eigenvalue weighted by Crippen LogP contribution is 2.31. The molecule has 0 saturated carbocycles. The number of esters is 1. The molecule has 152 valence electrons. The normalized spacial score (nSPS) is 15.7. The molecule has 29 heavy (non-hydrogen) atoms. The highest BCUT2D eigenvalue weighted by Gasteiger charge is 2.30. The maximum Gasteiger partial charge on any atom is 0.309 e. The van der Waals surface area contributed by atoms with Crippen LogP contribution in [0.25, 0.3) is 0 Å². The first kappa shape index (κ1) is 20.4. The van der Waals surface area contributed by atoms with Crippen molar-refractivity contribution in [3.8, 4) is 5.75 Å². The molecule has 0 radical (unpaired) electrons. The van der Waals surface area contributed by atoms with Gasteiger partial charge in [0, 0.05) is 12.5 Å². The van der Waals surface area contributed by atoms with E-state index < -0.39 is 12.6 Å². The Morgan fingerprint density at radius 2 is 1.86 bits per heavy atom. The van der Waals surface area contributed by atoms with E-state index in [4.69, 9.17) is 9.47 Å². The number of amides is 2. The molecule has 0 fully saturated rings. The second-order valence-corrected chi connectivity index (χ2v) is 6.91. The number of para-hydroxylation sites is 3. The summed E-state index contributed by atoms with van der Waals surface area (Å²) in [5.41, 5.74) is 2.14. The first-order chi connectivity index (χ1) is 14.0. The van der Waals surface area contributed by atoms with Crippen LogP contribution in [-0.2, 0) is 19.1 Å². The van der Waals surface area contributed by atoms with Crippen LogP contribution in [0.15, 0.2) is 48.5 Å².